The molecule has 0 bridgehead atoms. The van der Waals surface area contributed by atoms with Gasteiger partial charge in [-0.2, -0.15) is 0 Å². The number of carbonyl (C=O) groups is 1. The van der Waals surface area contributed by atoms with Gasteiger partial charge in [-0.15, -0.1) is 0 Å². The third-order valence-electron chi connectivity index (χ3n) is 4.34. The third-order valence-corrected chi connectivity index (χ3v) is 4.34. The van der Waals surface area contributed by atoms with Crippen LogP contribution in [-0.2, 0) is 4.74 Å². The van der Waals surface area contributed by atoms with Crippen LogP contribution in [0.5, 0.6) is 5.75 Å². The average molecular weight is 291 g/mol. The summed E-state index contributed by atoms with van der Waals surface area (Å²) in [6, 6.07) is 5.15. The zero-order valence-corrected chi connectivity index (χ0v) is 13.1. The highest BCUT2D eigenvalue weighted by atomic mass is 16.5. The molecule has 3 atom stereocenters. The van der Waals surface area contributed by atoms with Crippen LogP contribution in [0, 0.1) is 11.8 Å². The fourth-order valence-corrected chi connectivity index (χ4v) is 2.80. The highest BCUT2D eigenvalue weighted by Crippen LogP contribution is 2.33. The summed E-state index contributed by atoms with van der Waals surface area (Å²) in [6.07, 6.45) is 3.37. The molecule has 1 aliphatic carbocycles. The molecule has 1 saturated carbocycles. The van der Waals surface area contributed by atoms with Crippen molar-refractivity contribution >= 4 is 11.7 Å². The number of ether oxygens (including phenoxy) is 2. The molecule has 0 heterocycles. The molecular formula is C17H25NO3. The lowest BCUT2D eigenvalue weighted by atomic mass is 9.80. The van der Waals surface area contributed by atoms with Crippen molar-refractivity contribution in [3.8, 4) is 5.75 Å². The summed E-state index contributed by atoms with van der Waals surface area (Å²) in [6.45, 7) is 6.67. The topological polar surface area (TPSA) is 61.5 Å². The number of rotatable bonds is 4. The molecule has 1 aromatic rings. The average Bonchev–Trinajstić information content (AvgIpc) is 2.45. The minimum Gasteiger partial charge on any atom is -0.490 e. The van der Waals surface area contributed by atoms with Crippen molar-refractivity contribution in [1.29, 1.82) is 0 Å². The molecule has 0 radical (unpaired) electrons. The van der Waals surface area contributed by atoms with Crippen LogP contribution in [0.3, 0.4) is 0 Å². The molecule has 116 valence electrons. The molecule has 3 unspecified atom stereocenters. The van der Waals surface area contributed by atoms with Gasteiger partial charge in [0.1, 0.15) is 11.3 Å². The van der Waals surface area contributed by atoms with Crippen molar-refractivity contribution in [3.63, 3.8) is 0 Å². The van der Waals surface area contributed by atoms with Gasteiger partial charge in [0, 0.05) is 5.69 Å². The molecule has 2 N–H and O–H groups in total. The maximum absolute atomic E-state index is 12.0. The van der Waals surface area contributed by atoms with Gasteiger partial charge in [-0.3, -0.25) is 0 Å². The quantitative estimate of drug-likeness (QED) is 0.679. The molecule has 4 nitrogen and oxygen atoms in total. The van der Waals surface area contributed by atoms with E-state index in [0.717, 1.165) is 25.2 Å². The van der Waals surface area contributed by atoms with Crippen LogP contribution in [-0.4, -0.2) is 18.7 Å². The highest BCUT2D eigenvalue weighted by Gasteiger charge is 2.27. The Morgan fingerprint density at radius 1 is 1.29 bits per heavy atom. The molecule has 0 saturated heterocycles. The standard InChI is InChI=1S/C17H25NO3/c1-4-20-17(19)15-10-13(18)6-8-16(15)21-14-7-5-11(2)12(3)9-14/h6,8,10-12,14H,4-5,7,9,18H2,1-3H3. The molecule has 1 aliphatic rings. The monoisotopic (exact) mass is 291 g/mol. The van der Waals surface area contributed by atoms with E-state index in [9.17, 15) is 4.79 Å². The second kappa shape index (κ2) is 6.83. The first kappa shape index (κ1) is 15.7. The molecule has 2 rings (SSSR count). The summed E-state index contributed by atoms with van der Waals surface area (Å²) in [5, 5.41) is 0. The number of hydrogen-bond donors (Lipinski definition) is 1. The van der Waals surface area contributed by atoms with Crippen molar-refractivity contribution in [1.82, 2.24) is 0 Å². The summed E-state index contributed by atoms with van der Waals surface area (Å²) < 4.78 is 11.1. The second-order valence-corrected chi connectivity index (χ2v) is 5.98. The van der Waals surface area contributed by atoms with E-state index in [-0.39, 0.29) is 12.1 Å². The predicted molar refractivity (Wildman–Crippen MR) is 83.4 cm³/mol. The highest BCUT2D eigenvalue weighted by molar-refractivity contribution is 5.93. The minimum absolute atomic E-state index is 0.160. The Balaban J connectivity index is 2.14. The number of esters is 1. The van der Waals surface area contributed by atoms with Crippen molar-refractivity contribution in [2.45, 2.75) is 46.1 Å². The Kier molecular flexibility index (Phi) is 5.10. The summed E-state index contributed by atoms with van der Waals surface area (Å²) in [5.74, 6) is 1.58. The minimum atomic E-state index is -0.378. The van der Waals surface area contributed by atoms with Crippen LogP contribution in [0.15, 0.2) is 18.2 Å². The Bertz CT molecular complexity index is 501. The maximum Gasteiger partial charge on any atom is 0.341 e. The van der Waals surface area contributed by atoms with Gasteiger partial charge in [0.15, 0.2) is 0 Å². The van der Waals surface area contributed by atoms with E-state index in [1.54, 1.807) is 25.1 Å². The summed E-state index contributed by atoms with van der Waals surface area (Å²) in [5.41, 5.74) is 6.73. The smallest absolute Gasteiger partial charge is 0.341 e. The summed E-state index contributed by atoms with van der Waals surface area (Å²) in [7, 11) is 0. The number of anilines is 1. The van der Waals surface area contributed by atoms with Crippen molar-refractivity contribution in [3.05, 3.63) is 23.8 Å². The molecule has 4 heteroatoms. The van der Waals surface area contributed by atoms with Crippen molar-refractivity contribution in [2.24, 2.45) is 11.8 Å². The van der Waals surface area contributed by atoms with Crippen molar-refractivity contribution < 1.29 is 14.3 Å². The van der Waals surface area contributed by atoms with Gasteiger partial charge in [-0.1, -0.05) is 13.8 Å². The summed E-state index contributed by atoms with van der Waals surface area (Å²) in [4.78, 5) is 12.0. The lowest BCUT2D eigenvalue weighted by Crippen LogP contribution is -2.29. The van der Waals surface area contributed by atoms with Gasteiger partial charge in [-0.25, -0.2) is 4.79 Å². The number of carbonyl (C=O) groups excluding carboxylic acids is 1. The van der Waals surface area contributed by atoms with Gasteiger partial charge >= 0.3 is 5.97 Å². The second-order valence-electron chi connectivity index (χ2n) is 5.98. The van der Waals surface area contributed by atoms with Crippen LogP contribution >= 0.6 is 0 Å². The predicted octanol–water partition coefficient (Wildman–Crippen LogP) is 3.65. The molecule has 1 fully saturated rings. The van der Waals surface area contributed by atoms with E-state index in [1.807, 2.05) is 0 Å². The van der Waals surface area contributed by atoms with Crippen LogP contribution in [0.2, 0.25) is 0 Å². The SMILES string of the molecule is CCOC(=O)c1cc(N)ccc1OC1CCC(C)C(C)C1. The number of hydrogen-bond acceptors (Lipinski definition) is 4. The van der Waals surface area contributed by atoms with Crippen molar-refractivity contribution in [2.75, 3.05) is 12.3 Å². The van der Waals surface area contributed by atoms with Crippen LogP contribution in [0.25, 0.3) is 0 Å². The first-order valence-electron chi connectivity index (χ1n) is 7.74. The van der Waals surface area contributed by atoms with E-state index in [1.165, 1.54) is 0 Å². The van der Waals surface area contributed by atoms with Gasteiger partial charge in [0.05, 0.1) is 12.7 Å². The first-order chi connectivity index (χ1) is 10.0. The van der Waals surface area contributed by atoms with Gasteiger partial charge in [0.2, 0.25) is 0 Å². The number of benzene rings is 1. The van der Waals surface area contributed by atoms with E-state index in [0.29, 0.717) is 29.5 Å². The summed E-state index contributed by atoms with van der Waals surface area (Å²) >= 11 is 0. The van der Waals surface area contributed by atoms with E-state index in [4.69, 9.17) is 15.2 Å². The molecule has 0 aromatic heterocycles. The normalized spacial score (nSPS) is 25.4. The van der Waals surface area contributed by atoms with Crippen LogP contribution in [0.1, 0.15) is 50.4 Å². The Labute approximate surface area is 126 Å². The van der Waals surface area contributed by atoms with E-state index >= 15 is 0 Å². The molecule has 0 amide bonds. The number of nitrogen functional groups attached to an aromatic ring is 1. The zero-order chi connectivity index (χ0) is 15.4. The van der Waals surface area contributed by atoms with Gasteiger partial charge in [-0.05, 0) is 56.2 Å². The molecule has 1 aromatic carbocycles. The number of nitrogens with two attached hydrogens (primary N) is 1. The van der Waals surface area contributed by atoms with Crippen LogP contribution in [0.4, 0.5) is 5.69 Å². The Morgan fingerprint density at radius 3 is 2.71 bits per heavy atom. The molecule has 0 spiro atoms. The Hall–Kier alpha value is -1.71. The van der Waals surface area contributed by atoms with Gasteiger partial charge < -0.3 is 15.2 Å². The fraction of sp³-hybridized carbons (Fsp3) is 0.588. The maximum atomic E-state index is 12.0. The lowest BCUT2D eigenvalue weighted by Gasteiger charge is -2.32. The fourth-order valence-electron chi connectivity index (χ4n) is 2.80. The Morgan fingerprint density at radius 2 is 2.05 bits per heavy atom. The van der Waals surface area contributed by atoms with E-state index < -0.39 is 0 Å². The zero-order valence-electron chi connectivity index (χ0n) is 13.1. The largest absolute Gasteiger partial charge is 0.490 e. The van der Waals surface area contributed by atoms with Crippen LogP contribution < -0.4 is 10.5 Å². The molecule has 0 aliphatic heterocycles. The molecular weight excluding hydrogens is 266 g/mol. The molecule has 21 heavy (non-hydrogen) atoms. The van der Waals surface area contributed by atoms with Gasteiger partial charge in [0.25, 0.3) is 0 Å². The first-order valence-corrected chi connectivity index (χ1v) is 7.74. The lowest BCUT2D eigenvalue weighted by molar-refractivity contribution is 0.0511. The third kappa shape index (κ3) is 3.90. The van der Waals surface area contributed by atoms with E-state index in [2.05, 4.69) is 13.8 Å².